The molecule has 0 spiro atoms. The number of aliphatic hydroxyl groups excluding tert-OH is 1. The highest BCUT2D eigenvalue weighted by molar-refractivity contribution is 4.96. The Labute approximate surface area is 67.0 Å². The molecule has 11 heavy (non-hydrogen) atoms. The normalized spacial score (nSPS) is 30.2. The number of hydrogen-bond acceptors (Lipinski definition) is 3. The Bertz CT molecular complexity index is 153. The molecule has 3 nitrogen and oxygen atoms in total. The molecular weight excluding hydrogens is 140 g/mol. The van der Waals surface area contributed by atoms with Crippen molar-refractivity contribution in [1.29, 1.82) is 5.26 Å². The zero-order chi connectivity index (χ0) is 8.10. The van der Waals surface area contributed by atoms with E-state index in [1.807, 2.05) is 0 Å². The first-order valence-electron chi connectivity index (χ1n) is 4.12. The SMILES string of the molecule is N#CC1CCCC1NCCO. The lowest BCUT2D eigenvalue weighted by atomic mass is 10.1. The molecule has 1 saturated carbocycles. The van der Waals surface area contributed by atoms with Gasteiger partial charge in [-0.25, -0.2) is 0 Å². The van der Waals surface area contributed by atoms with Crippen LogP contribution in [0.4, 0.5) is 0 Å². The largest absolute Gasteiger partial charge is 0.395 e. The van der Waals surface area contributed by atoms with E-state index in [9.17, 15) is 0 Å². The third-order valence-corrected chi connectivity index (χ3v) is 2.20. The molecule has 0 heterocycles. The Hall–Kier alpha value is -0.590. The third-order valence-electron chi connectivity index (χ3n) is 2.20. The average molecular weight is 154 g/mol. The fraction of sp³-hybridized carbons (Fsp3) is 0.875. The Morgan fingerprint density at radius 1 is 1.55 bits per heavy atom. The standard InChI is InChI=1S/C8H14N2O/c9-6-7-2-1-3-8(7)10-4-5-11/h7-8,10-11H,1-5H2. The van der Waals surface area contributed by atoms with Gasteiger partial charge in [-0.05, 0) is 12.8 Å². The van der Waals surface area contributed by atoms with Gasteiger partial charge in [0.2, 0.25) is 0 Å². The highest BCUT2D eigenvalue weighted by atomic mass is 16.3. The van der Waals surface area contributed by atoms with Crippen LogP contribution in [0, 0.1) is 17.2 Å². The predicted octanol–water partition coefficient (Wildman–Crippen LogP) is 0.261. The maximum atomic E-state index is 8.68. The van der Waals surface area contributed by atoms with Crippen LogP contribution in [0.1, 0.15) is 19.3 Å². The molecule has 0 radical (unpaired) electrons. The number of hydrogen-bond donors (Lipinski definition) is 2. The Balaban J connectivity index is 2.27. The highest BCUT2D eigenvalue weighted by Crippen LogP contribution is 2.24. The lowest BCUT2D eigenvalue weighted by Crippen LogP contribution is -2.33. The van der Waals surface area contributed by atoms with Crippen molar-refractivity contribution in [3.63, 3.8) is 0 Å². The van der Waals surface area contributed by atoms with Crippen LogP contribution in [0.2, 0.25) is 0 Å². The molecule has 0 aromatic rings. The molecule has 0 aromatic heterocycles. The van der Waals surface area contributed by atoms with Gasteiger partial charge < -0.3 is 10.4 Å². The molecule has 2 N–H and O–H groups in total. The van der Waals surface area contributed by atoms with Gasteiger partial charge in [-0.3, -0.25) is 0 Å². The molecule has 0 bridgehead atoms. The van der Waals surface area contributed by atoms with Gasteiger partial charge in [0.15, 0.2) is 0 Å². The summed E-state index contributed by atoms with van der Waals surface area (Å²) in [6, 6.07) is 2.60. The van der Waals surface area contributed by atoms with E-state index in [0.717, 1.165) is 19.3 Å². The van der Waals surface area contributed by atoms with Crippen molar-refractivity contribution in [2.45, 2.75) is 25.3 Å². The predicted molar refractivity (Wildman–Crippen MR) is 41.8 cm³/mol. The van der Waals surface area contributed by atoms with Crippen molar-refractivity contribution in [2.75, 3.05) is 13.2 Å². The molecule has 3 heteroatoms. The van der Waals surface area contributed by atoms with Gasteiger partial charge in [0.05, 0.1) is 18.6 Å². The van der Waals surface area contributed by atoms with Crippen molar-refractivity contribution in [3.05, 3.63) is 0 Å². The van der Waals surface area contributed by atoms with Gasteiger partial charge in [-0.2, -0.15) is 5.26 Å². The van der Waals surface area contributed by atoms with Gasteiger partial charge in [0, 0.05) is 12.6 Å². The van der Waals surface area contributed by atoms with Crippen LogP contribution >= 0.6 is 0 Å². The van der Waals surface area contributed by atoms with Crippen LogP contribution in [0.25, 0.3) is 0 Å². The molecule has 0 aliphatic heterocycles. The first-order chi connectivity index (χ1) is 5.38. The van der Waals surface area contributed by atoms with E-state index in [4.69, 9.17) is 10.4 Å². The molecule has 1 fully saturated rings. The highest BCUT2D eigenvalue weighted by Gasteiger charge is 2.25. The molecular formula is C8H14N2O. The molecule has 1 aliphatic carbocycles. The molecule has 1 aliphatic rings. The van der Waals surface area contributed by atoms with Crippen molar-refractivity contribution >= 4 is 0 Å². The maximum Gasteiger partial charge on any atom is 0.0672 e. The summed E-state index contributed by atoms with van der Waals surface area (Å²) in [6.07, 6.45) is 3.24. The van der Waals surface area contributed by atoms with Crippen molar-refractivity contribution in [1.82, 2.24) is 5.32 Å². The van der Waals surface area contributed by atoms with E-state index in [2.05, 4.69) is 11.4 Å². The van der Waals surface area contributed by atoms with Crippen LogP contribution < -0.4 is 5.32 Å². The van der Waals surface area contributed by atoms with E-state index in [-0.39, 0.29) is 12.5 Å². The second-order valence-corrected chi connectivity index (χ2v) is 2.95. The van der Waals surface area contributed by atoms with Gasteiger partial charge in [0.1, 0.15) is 0 Å². The van der Waals surface area contributed by atoms with E-state index < -0.39 is 0 Å². The molecule has 0 saturated heterocycles. The van der Waals surface area contributed by atoms with Crippen LogP contribution in [0.3, 0.4) is 0 Å². The van der Waals surface area contributed by atoms with Gasteiger partial charge in [-0.1, -0.05) is 6.42 Å². The minimum absolute atomic E-state index is 0.161. The lowest BCUT2D eigenvalue weighted by Gasteiger charge is -2.13. The van der Waals surface area contributed by atoms with Gasteiger partial charge >= 0.3 is 0 Å². The second-order valence-electron chi connectivity index (χ2n) is 2.95. The molecule has 0 amide bonds. The smallest absolute Gasteiger partial charge is 0.0672 e. The number of nitriles is 1. The van der Waals surface area contributed by atoms with Crippen LogP contribution in [-0.4, -0.2) is 24.3 Å². The monoisotopic (exact) mass is 154 g/mol. The van der Waals surface area contributed by atoms with Crippen LogP contribution in [-0.2, 0) is 0 Å². The second kappa shape index (κ2) is 4.32. The van der Waals surface area contributed by atoms with Crippen LogP contribution in [0.5, 0.6) is 0 Å². The van der Waals surface area contributed by atoms with E-state index >= 15 is 0 Å². The maximum absolute atomic E-state index is 8.68. The number of rotatable bonds is 3. The van der Waals surface area contributed by atoms with Gasteiger partial charge in [-0.15, -0.1) is 0 Å². The first kappa shape index (κ1) is 8.51. The van der Waals surface area contributed by atoms with Crippen LogP contribution in [0.15, 0.2) is 0 Å². The van der Waals surface area contributed by atoms with Gasteiger partial charge in [0.25, 0.3) is 0 Å². The van der Waals surface area contributed by atoms with Crippen molar-refractivity contribution < 1.29 is 5.11 Å². The third kappa shape index (κ3) is 2.18. The van der Waals surface area contributed by atoms with E-state index in [0.29, 0.717) is 12.6 Å². The molecule has 1 rings (SSSR count). The summed E-state index contributed by atoms with van der Waals surface area (Å²) in [6.45, 7) is 0.775. The Morgan fingerprint density at radius 3 is 3.00 bits per heavy atom. The minimum Gasteiger partial charge on any atom is -0.395 e. The quantitative estimate of drug-likeness (QED) is 0.613. The first-order valence-corrected chi connectivity index (χ1v) is 4.12. The summed E-state index contributed by atoms with van der Waals surface area (Å²) in [5, 5.41) is 20.4. The summed E-state index contributed by atoms with van der Waals surface area (Å²) in [4.78, 5) is 0. The zero-order valence-corrected chi connectivity index (χ0v) is 6.58. The molecule has 0 aromatic carbocycles. The zero-order valence-electron chi connectivity index (χ0n) is 6.58. The molecule has 2 atom stereocenters. The Kier molecular flexibility index (Phi) is 3.34. The molecule has 2 unspecified atom stereocenters. The summed E-state index contributed by atoms with van der Waals surface area (Å²) in [5.74, 6) is 0.168. The average Bonchev–Trinajstić information content (AvgIpc) is 2.47. The minimum atomic E-state index is 0.161. The summed E-state index contributed by atoms with van der Waals surface area (Å²) >= 11 is 0. The molecule has 62 valence electrons. The van der Waals surface area contributed by atoms with Crippen molar-refractivity contribution in [3.8, 4) is 6.07 Å². The van der Waals surface area contributed by atoms with E-state index in [1.165, 1.54) is 0 Å². The number of aliphatic hydroxyl groups is 1. The van der Waals surface area contributed by atoms with Crippen molar-refractivity contribution in [2.24, 2.45) is 5.92 Å². The summed E-state index contributed by atoms with van der Waals surface area (Å²) in [5.41, 5.74) is 0. The lowest BCUT2D eigenvalue weighted by molar-refractivity contribution is 0.280. The summed E-state index contributed by atoms with van der Waals surface area (Å²) in [7, 11) is 0. The fourth-order valence-corrected chi connectivity index (χ4v) is 1.61. The number of nitrogens with zero attached hydrogens (tertiary/aromatic N) is 1. The summed E-state index contributed by atoms with van der Waals surface area (Å²) < 4.78 is 0. The Morgan fingerprint density at radius 2 is 2.36 bits per heavy atom. The van der Waals surface area contributed by atoms with E-state index in [1.54, 1.807) is 0 Å². The fourth-order valence-electron chi connectivity index (χ4n) is 1.61. The topological polar surface area (TPSA) is 56.0 Å². The number of nitrogens with one attached hydrogen (secondary N) is 1.